The van der Waals surface area contributed by atoms with E-state index in [4.69, 9.17) is 12.2 Å². The Morgan fingerprint density at radius 2 is 2.06 bits per heavy atom. The molecule has 16 heavy (non-hydrogen) atoms. The SMILES string of the molecule is CNN1C(=O)/C(=C/c2ccccc2)SC1=S. The van der Waals surface area contributed by atoms with Crippen molar-refractivity contribution in [1.82, 2.24) is 10.4 Å². The third-order valence-corrected chi connectivity index (χ3v) is 3.42. The van der Waals surface area contributed by atoms with Gasteiger partial charge in [-0.2, -0.15) is 0 Å². The van der Waals surface area contributed by atoms with Crippen molar-refractivity contribution in [3.63, 3.8) is 0 Å². The molecule has 0 atom stereocenters. The van der Waals surface area contributed by atoms with Crippen LogP contribution in [0.4, 0.5) is 0 Å². The van der Waals surface area contributed by atoms with E-state index in [-0.39, 0.29) is 5.91 Å². The topological polar surface area (TPSA) is 32.3 Å². The number of hydrogen-bond acceptors (Lipinski definition) is 4. The molecule has 1 aromatic carbocycles. The molecule has 0 spiro atoms. The summed E-state index contributed by atoms with van der Waals surface area (Å²) in [5, 5.41) is 1.37. The Kier molecular flexibility index (Phi) is 3.38. The number of hydrazine groups is 1. The maximum Gasteiger partial charge on any atom is 0.280 e. The zero-order valence-electron chi connectivity index (χ0n) is 8.64. The fraction of sp³-hybridized carbons (Fsp3) is 0.0909. The molecule has 1 amide bonds. The normalized spacial score (nSPS) is 18.6. The van der Waals surface area contributed by atoms with Gasteiger partial charge < -0.3 is 0 Å². The molecule has 0 aromatic heterocycles. The number of thioether (sulfide) groups is 1. The molecule has 1 saturated heterocycles. The number of hydrogen-bond donors (Lipinski definition) is 1. The Labute approximate surface area is 103 Å². The maximum absolute atomic E-state index is 11.8. The van der Waals surface area contributed by atoms with Gasteiger partial charge in [-0.05, 0) is 11.6 Å². The average Bonchev–Trinajstić information content (AvgIpc) is 2.55. The van der Waals surface area contributed by atoms with Gasteiger partial charge in [0, 0.05) is 7.05 Å². The summed E-state index contributed by atoms with van der Waals surface area (Å²) in [5.41, 5.74) is 3.76. The van der Waals surface area contributed by atoms with Crippen molar-refractivity contribution in [1.29, 1.82) is 0 Å². The number of nitrogens with one attached hydrogen (secondary N) is 1. The first-order chi connectivity index (χ1) is 7.72. The molecule has 0 unspecified atom stereocenters. The van der Waals surface area contributed by atoms with Gasteiger partial charge in [-0.25, -0.2) is 10.4 Å². The van der Waals surface area contributed by atoms with Crippen LogP contribution >= 0.6 is 24.0 Å². The van der Waals surface area contributed by atoms with Crippen molar-refractivity contribution < 1.29 is 4.79 Å². The number of rotatable bonds is 2. The Hall–Kier alpha value is -1.17. The van der Waals surface area contributed by atoms with E-state index in [2.05, 4.69) is 5.43 Å². The molecule has 0 aliphatic carbocycles. The van der Waals surface area contributed by atoms with Crippen molar-refractivity contribution in [2.75, 3.05) is 7.05 Å². The molecule has 82 valence electrons. The molecule has 5 heteroatoms. The van der Waals surface area contributed by atoms with Gasteiger partial charge in [0.25, 0.3) is 5.91 Å². The summed E-state index contributed by atoms with van der Waals surface area (Å²) < 4.78 is 0.537. The molecule has 0 radical (unpaired) electrons. The lowest BCUT2D eigenvalue weighted by atomic mass is 10.2. The van der Waals surface area contributed by atoms with Crippen LogP contribution in [0.5, 0.6) is 0 Å². The van der Waals surface area contributed by atoms with Crippen molar-refractivity contribution in [2.24, 2.45) is 0 Å². The number of benzene rings is 1. The summed E-state index contributed by atoms with van der Waals surface area (Å²) in [6, 6.07) is 9.71. The Morgan fingerprint density at radius 3 is 2.62 bits per heavy atom. The predicted octanol–water partition coefficient (Wildman–Crippen LogP) is 2.02. The van der Waals surface area contributed by atoms with Crippen molar-refractivity contribution in [2.45, 2.75) is 0 Å². The molecular formula is C11H10N2OS2. The highest BCUT2D eigenvalue weighted by Crippen LogP contribution is 2.30. The van der Waals surface area contributed by atoms with E-state index in [0.29, 0.717) is 9.23 Å². The van der Waals surface area contributed by atoms with Gasteiger partial charge in [0.15, 0.2) is 4.32 Å². The second-order valence-electron chi connectivity index (χ2n) is 3.15. The smallest absolute Gasteiger partial charge is 0.267 e. The highest BCUT2D eigenvalue weighted by Gasteiger charge is 2.31. The summed E-state index contributed by atoms with van der Waals surface area (Å²) in [5.74, 6) is -0.0960. The first-order valence-electron chi connectivity index (χ1n) is 4.73. The van der Waals surface area contributed by atoms with Crippen LogP contribution in [-0.2, 0) is 4.79 Å². The summed E-state index contributed by atoms with van der Waals surface area (Å²) in [4.78, 5) is 12.5. The van der Waals surface area contributed by atoms with E-state index >= 15 is 0 Å². The van der Waals surface area contributed by atoms with Crippen LogP contribution in [-0.4, -0.2) is 22.3 Å². The Balaban J connectivity index is 2.27. The third kappa shape index (κ3) is 2.16. The molecule has 1 heterocycles. The van der Waals surface area contributed by atoms with Gasteiger partial charge in [0.05, 0.1) is 4.91 Å². The lowest BCUT2D eigenvalue weighted by Gasteiger charge is -2.10. The number of carbonyl (C=O) groups is 1. The molecule has 1 aliphatic rings. The third-order valence-electron chi connectivity index (χ3n) is 2.11. The Bertz CT molecular complexity index is 456. The standard InChI is InChI=1S/C11H10N2OS2/c1-12-13-10(14)9(16-11(13)15)7-8-5-3-2-4-6-8/h2-7,12H,1H3/b9-7-. The molecule has 3 nitrogen and oxygen atoms in total. The van der Waals surface area contributed by atoms with Gasteiger partial charge in [-0.1, -0.05) is 54.3 Å². The molecular weight excluding hydrogens is 240 g/mol. The quantitative estimate of drug-likeness (QED) is 0.643. The van der Waals surface area contributed by atoms with E-state index in [1.165, 1.54) is 16.8 Å². The van der Waals surface area contributed by atoms with E-state index in [1.807, 2.05) is 36.4 Å². The molecule has 1 aromatic rings. The van der Waals surface area contributed by atoms with Crippen molar-refractivity contribution in [3.05, 3.63) is 40.8 Å². The minimum Gasteiger partial charge on any atom is -0.267 e. The van der Waals surface area contributed by atoms with Crippen LogP contribution in [0.3, 0.4) is 0 Å². The number of thiocarbonyl (C=S) groups is 1. The van der Waals surface area contributed by atoms with Crippen LogP contribution in [0.25, 0.3) is 6.08 Å². The van der Waals surface area contributed by atoms with Crippen LogP contribution in [0, 0.1) is 0 Å². The summed E-state index contributed by atoms with van der Waals surface area (Å²) in [6.07, 6.45) is 1.84. The zero-order valence-corrected chi connectivity index (χ0v) is 10.3. The van der Waals surface area contributed by atoms with Gasteiger partial charge in [-0.3, -0.25) is 4.79 Å². The largest absolute Gasteiger partial charge is 0.280 e. The van der Waals surface area contributed by atoms with Crippen LogP contribution in [0.15, 0.2) is 35.2 Å². The average molecular weight is 250 g/mol. The van der Waals surface area contributed by atoms with Crippen LogP contribution in [0.2, 0.25) is 0 Å². The predicted molar refractivity (Wildman–Crippen MR) is 70.5 cm³/mol. The van der Waals surface area contributed by atoms with Gasteiger partial charge in [0.2, 0.25) is 0 Å². The highest BCUT2D eigenvalue weighted by molar-refractivity contribution is 8.26. The minimum atomic E-state index is -0.0960. The molecule has 2 rings (SSSR count). The zero-order chi connectivity index (χ0) is 11.5. The number of carbonyl (C=O) groups excluding carboxylic acids is 1. The summed E-state index contributed by atoms with van der Waals surface area (Å²) in [6.45, 7) is 0. The summed E-state index contributed by atoms with van der Waals surface area (Å²) in [7, 11) is 1.68. The molecule has 0 saturated carbocycles. The first kappa shape index (κ1) is 11.3. The van der Waals surface area contributed by atoms with Gasteiger partial charge in [-0.15, -0.1) is 0 Å². The highest BCUT2D eigenvalue weighted by atomic mass is 32.2. The minimum absolute atomic E-state index is 0.0960. The second kappa shape index (κ2) is 4.78. The molecule has 1 aliphatic heterocycles. The fourth-order valence-corrected chi connectivity index (χ4v) is 2.63. The van der Waals surface area contributed by atoms with E-state index in [9.17, 15) is 4.79 Å². The number of nitrogens with zero attached hydrogens (tertiary/aromatic N) is 1. The molecule has 1 fully saturated rings. The first-order valence-corrected chi connectivity index (χ1v) is 5.95. The van der Waals surface area contributed by atoms with Crippen molar-refractivity contribution in [3.8, 4) is 0 Å². The second-order valence-corrected chi connectivity index (χ2v) is 4.83. The Morgan fingerprint density at radius 1 is 1.38 bits per heavy atom. The van der Waals surface area contributed by atoms with E-state index in [1.54, 1.807) is 7.05 Å². The van der Waals surface area contributed by atoms with Gasteiger partial charge >= 0.3 is 0 Å². The lowest BCUT2D eigenvalue weighted by Crippen LogP contribution is -2.38. The fourth-order valence-electron chi connectivity index (χ4n) is 1.36. The van der Waals surface area contributed by atoms with Gasteiger partial charge in [0.1, 0.15) is 0 Å². The maximum atomic E-state index is 11.8. The summed E-state index contributed by atoms with van der Waals surface area (Å²) >= 11 is 6.38. The number of amides is 1. The molecule has 1 N–H and O–H groups in total. The van der Waals surface area contributed by atoms with Crippen molar-refractivity contribution >= 4 is 40.3 Å². The van der Waals surface area contributed by atoms with Crippen LogP contribution in [0.1, 0.15) is 5.56 Å². The van der Waals surface area contributed by atoms with E-state index in [0.717, 1.165) is 5.56 Å². The lowest BCUT2D eigenvalue weighted by molar-refractivity contribution is -0.123. The molecule has 0 bridgehead atoms. The monoisotopic (exact) mass is 250 g/mol. The van der Waals surface area contributed by atoms with E-state index < -0.39 is 0 Å². The van der Waals surface area contributed by atoms with Crippen LogP contribution < -0.4 is 5.43 Å².